The van der Waals surface area contributed by atoms with Gasteiger partial charge in [0.15, 0.2) is 0 Å². The predicted molar refractivity (Wildman–Crippen MR) is 97.7 cm³/mol. The summed E-state index contributed by atoms with van der Waals surface area (Å²) in [5, 5.41) is 10.6. The Balaban J connectivity index is 1.79. The smallest absolute Gasteiger partial charge is 0.240 e. The summed E-state index contributed by atoms with van der Waals surface area (Å²) < 4.78 is 1.64. The highest BCUT2D eigenvalue weighted by Gasteiger charge is 2.54. The molecule has 1 spiro atoms. The molecule has 2 aromatic carbocycles. The molecule has 26 heavy (non-hydrogen) atoms. The van der Waals surface area contributed by atoms with Gasteiger partial charge in [-0.3, -0.25) is 9.59 Å². The summed E-state index contributed by atoms with van der Waals surface area (Å²) in [5.74, 6) is 0.0119. The van der Waals surface area contributed by atoms with Crippen LogP contribution in [0, 0.1) is 0 Å². The van der Waals surface area contributed by atoms with Crippen LogP contribution in [0.5, 0.6) is 0 Å². The van der Waals surface area contributed by atoms with Gasteiger partial charge in [0.1, 0.15) is 11.2 Å². The number of hydrogen-bond donors (Lipinski definition) is 2. The number of halogens is 1. The topological polar surface area (TPSA) is 76.0 Å². The minimum atomic E-state index is -1.12. The molecule has 0 saturated heterocycles. The zero-order valence-electron chi connectivity index (χ0n) is 13.5. The number of amides is 2. The van der Waals surface area contributed by atoms with Gasteiger partial charge in [0.05, 0.1) is 22.6 Å². The summed E-state index contributed by atoms with van der Waals surface area (Å²) in [6.45, 7) is 0. The SMILES string of the molecule is O=C1C[C@]2(C(=O)Nc3c(Cl)cccc32)c2cnn(-c3ccccc3)c2N1. The molecule has 0 radical (unpaired) electrons. The van der Waals surface area contributed by atoms with Gasteiger partial charge in [-0.15, -0.1) is 0 Å². The maximum Gasteiger partial charge on any atom is 0.240 e. The Morgan fingerprint density at radius 1 is 1.00 bits per heavy atom. The van der Waals surface area contributed by atoms with Crippen LogP contribution >= 0.6 is 11.6 Å². The highest BCUT2D eigenvalue weighted by molar-refractivity contribution is 6.35. The van der Waals surface area contributed by atoms with Crippen molar-refractivity contribution in [3.05, 3.63) is 70.9 Å². The van der Waals surface area contributed by atoms with E-state index in [-0.39, 0.29) is 18.2 Å². The normalized spacial score (nSPS) is 20.5. The fraction of sp³-hybridized carbons (Fsp3) is 0.105. The first-order valence-electron chi connectivity index (χ1n) is 8.15. The number of carbonyl (C=O) groups excluding carboxylic acids is 2. The molecule has 5 rings (SSSR count). The number of fused-ring (bicyclic) bond motifs is 4. The summed E-state index contributed by atoms with van der Waals surface area (Å²) >= 11 is 6.27. The van der Waals surface area contributed by atoms with Gasteiger partial charge in [0.25, 0.3) is 0 Å². The van der Waals surface area contributed by atoms with Crippen LogP contribution in [-0.4, -0.2) is 21.6 Å². The Morgan fingerprint density at radius 3 is 2.62 bits per heavy atom. The van der Waals surface area contributed by atoms with E-state index in [9.17, 15) is 9.59 Å². The van der Waals surface area contributed by atoms with Crippen LogP contribution < -0.4 is 10.6 Å². The molecule has 3 aromatic rings. The highest BCUT2D eigenvalue weighted by Crippen LogP contribution is 2.51. The quantitative estimate of drug-likeness (QED) is 0.696. The molecule has 0 fully saturated rings. The molecule has 1 atom stereocenters. The number of nitrogens with zero attached hydrogens (tertiary/aromatic N) is 2. The maximum atomic E-state index is 13.0. The van der Waals surface area contributed by atoms with Crippen molar-refractivity contribution < 1.29 is 9.59 Å². The fourth-order valence-corrected chi connectivity index (χ4v) is 4.07. The van der Waals surface area contributed by atoms with Gasteiger partial charge in [-0.2, -0.15) is 5.10 Å². The molecule has 6 nitrogen and oxygen atoms in total. The lowest BCUT2D eigenvalue weighted by molar-refractivity contribution is -0.125. The van der Waals surface area contributed by atoms with Gasteiger partial charge in [-0.25, -0.2) is 4.68 Å². The highest BCUT2D eigenvalue weighted by atomic mass is 35.5. The third-order valence-electron chi connectivity index (χ3n) is 5.01. The van der Waals surface area contributed by atoms with Crippen LogP contribution in [0.4, 0.5) is 11.5 Å². The van der Waals surface area contributed by atoms with Crippen molar-refractivity contribution in [1.29, 1.82) is 0 Å². The third kappa shape index (κ3) is 1.84. The first kappa shape index (κ1) is 15.2. The second-order valence-electron chi connectivity index (χ2n) is 6.40. The molecular formula is C19H13ClN4O2. The molecule has 7 heteroatoms. The van der Waals surface area contributed by atoms with Crippen LogP contribution in [0.3, 0.4) is 0 Å². The van der Waals surface area contributed by atoms with Gasteiger partial charge in [-0.1, -0.05) is 41.9 Å². The zero-order chi connectivity index (χ0) is 17.9. The van der Waals surface area contributed by atoms with Gasteiger partial charge < -0.3 is 10.6 Å². The summed E-state index contributed by atoms with van der Waals surface area (Å²) in [4.78, 5) is 25.6. The van der Waals surface area contributed by atoms with E-state index < -0.39 is 5.41 Å². The van der Waals surface area contributed by atoms with Crippen LogP contribution in [0.15, 0.2) is 54.7 Å². The number of aromatic nitrogens is 2. The largest absolute Gasteiger partial charge is 0.323 e. The van der Waals surface area contributed by atoms with Crippen molar-refractivity contribution in [1.82, 2.24) is 9.78 Å². The Bertz CT molecular complexity index is 1080. The molecule has 0 saturated carbocycles. The van der Waals surface area contributed by atoms with Gasteiger partial charge in [0, 0.05) is 12.0 Å². The Hall–Kier alpha value is -3.12. The summed E-state index contributed by atoms with van der Waals surface area (Å²) in [6.07, 6.45) is 1.66. The number of nitrogens with one attached hydrogen (secondary N) is 2. The first-order chi connectivity index (χ1) is 12.6. The zero-order valence-corrected chi connectivity index (χ0v) is 14.2. The number of anilines is 2. The standard InChI is InChI=1S/C19H13ClN4O2/c20-14-8-4-7-12-16(14)23-18(26)19(12)9-15(25)22-17-13(19)10-21-24(17)11-5-2-1-3-6-11/h1-8,10H,9H2,(H,22,25)(H,23,26)/t19-/m1/s1. The molecule has 0 aliphatic carbocycles. The van der Waals surface area contributed by atoms with Gasteiger partial charge in [0.2, 0.25) is 11.8 Å². The molecule has 1 aromatic heterocycles. The van der Waals surface area contributed by atoms with E-state index in [4.69, 9.17) is 11.6 Å². The number of carbonyl (C=O) groups is 2. The molecule has 128 valence electrons. The maximum absolute atomic E-state index is 13.0. The van der Waals surface area contributed by atoms with E-state index in [1.165, 1.54) is 0 Å². The van der Waals surface area contributed by atoms with E-state index in [0.717, 1.165) is 5.69 Å². The molecule has 0 bridgehead atoms. The summed E-state index contributed by atoms with van der Waals surface area (Å²) in [7, 11) is 0. The number of benzene rings is 2. The predicted octanol–water partition coefficient (Wildman–Crippen LogP) is 3.11. The Labute approximate surface area is 153 Å². The molecule has 3 heterocycles. The van der Waals surface area contributed by atoms with E-state index in [1.807, 2.05) is 36.4 Å². The average molecular weight is 365 g/mol. The fourth-order valence-electron chi connectivity index (χ4n) is 3.85. The summed E-state index contributed by atoms with van der Waals surface area (Å²) in [6, 6.07) is 14.8. The van der Waals surface area contributed by atoms with Crippen molar-refractivity contribution in [3.8, 4) is 5.69 Å². The molecule has 2 N–H and O–H groups in total. The minimum absolute atomic E-state index is 0.0136. The average Bonchev–Trinajstić information content (AvgIpc) is 3.18. The molecule has 2 aliphatic heterocycles. The first-order valence-corrected chi connectivity index (χ1v) is 8.53. The van der Waals surface area contributed by atoms with E-state index >= 15 is 0 Å². The van der Waals surface area contributed by atoms with Crippen LogP contribution in [0.25, 0.3) is 5.69 Å². The lowest BCUT2D eigenvalue weighted by Gasteiger charge is -2.31. The van der Waals surface area contributed by atoms with E-state index in [2.05, 4.69) is 15.7 Å². The van der Waals surface area contributed by atoms with Crippen molar-refractivity contribution in [3.63, 3.8) is 0 Å². The second kappa shape index (κ2) is 5.19. The number of hydrogen-bond acceptors (Lipinski definition) is 3. The Kier molecular flexibility index (Phi) is 3.02. The second-order valence-corrected chi connectivity index (χ2v) is 6.81. The Morgan fingerprint density at radius 2 is 1.81 bits per heavy atom. The lowest BCUT2D eigenvalue weighted by atomic mass is 9.72. The monoisotopic (exact) mass is 364 g/mol. The third-order valence-corrected chi connectivity index (χ3v) is 5.33. The molecular weight excluding hydrogens is 352 g/mol. The van der Waals surface area contributed by atoms with Crippen LogP contribution in [0.2, 0.25) is 5.02 Å². The van der Waals surface area contributed by atoms with Gasteiger partial charge >= 0.3 is 0 Å². The molecule has 2 aliphatic rings. The van der Waals surface area contributed by atoms with Crippen LogP contribution in [0.1, 0.15) is 17.5 Å². The van der Waals surface area contributed by atoms with E-state index in [1.54, 1.807) is 23.0 Å². The molecule has 0 unspecified atom stereocenters. The van der Waals surface area contributed by atoms with Crippen molar-refractivity contribution in [2.45, 2.75) is 11.8 Å². The number of rotatable bonds is 1. The van der Waals surface area contributed by atoms with Crippen LogP contribution in [-0.2, 0) is 15.0 Å². The summed E-state index contributed by atoms with van der Waals surface area (Å²) in [5.41, 5.74) is 1.62. The van der Waals surface area contributed by atoms with E-state index in [0.29, 0.717) is 27.7 Å². The number of para-hydroxylation sites is 2. The van der Waals surface area contributed by atoms with Crippen molar-refractivity contribution in [2.75, 3.05) is 10.6 Å². The van der Waals surface area contributed by atoms with Crippen molar-refractivity contribution >= 4 is 34.9 Å². The molecule has 2 amide bonds. The lowest BCUT2D eigenvalue weighted by Crippen LogP contribution is -2.43. The van der Waals surface area contributed by atoms with Crippen molar-refractivity contribution in [2.24, 2.45) is 0 Å². The minimum Gasteiger partial charge on any atom is -0.323 e. The van der Waals surface area contributed by atoms with Gasteiger partial charge in [-0.05, 0) is 23.8 Å².